The molecule has 49 heavy (non-hydrogen) atoms. The van der Waals surface area contributed by atoms with Gasteiger partial charge in [0.1, 0.15) is 24.4 Å². The van der Waals surface area contributed by atoms with E-state index >= 15 is 0 Å². The molecule has 0 bridgehead atoms. The van der Waals surface area contributed by atoms with Gasteiger partial charge in [-0.2, -0.15) is 0 Å². The Morgan fingerprint density at radius 2 is 1.27 bits per heavy atom. The van der Waals surface area contributed by atoms with Crippen LogP contribution in [0, 0.1) is 0 Å². The summed E-state index contributed by atoms with van der Waals surface area (Å²) in [4.78, 5) is 37.6. The minimum Gasteiger partial charge on any atom is -0.469 e. The number of hydrogen-bond donors (Lipinski definition) is 1. The first-order valence-corrected chi connectivity index (χ1v) is 16.6. The van der Waals surface area contributed by atoms with Crippen molar-refractivity contribution in [3.8, 4) is 0 Å². The van der Waals surface area contributed by atoms with Gasteiger partial charge in [0.05, 0.1) is 40.0 Å². The largest absolute Gasteiger partial charge is 0.469 e. The number of imide groups is 1. The molecule has 2 amide bonds. The van der Waals surface area contributed by atoms with Crippen molar-refractivity contribution in [2.24, 2.45) is 0 Å². The highest BCUT2D eigenvalue weighted by molar-refractivity contribution is 6.76. The molecular formula is C36H38Cl3NO9. The van der Waals surface area contributed by atoms with Crippen molar-refractivity contribution in [2.45, 2.75) is 67.0 Å². The van der Waals surface area contributed by atoms with Gasteiger partial charge in [-0.05, 0) is 23.1 Å². The van der Waals surface area contributed by atoms with E-state index in [1.165, 1.54) is 7.11 Å². The molecule has 10 nitrogen and oxygen atoms in total. The molecule has 1 fully saturated rings. The van der Waals surface area contributed by atoms with E-state index in [0.717, 1.165) is 16.7 Å². The first-order chi connectivity index (χ1) is 23.5. The van der Waals surface area contributed by atoms with Crippen LogP contribution in [0.1, 0.15) is 29.5 Å². The summed E-state index contributed by atoms with van der Waals surface area (Å²) in [6.07, 6.45) is -5.98. The van der Waals surface area contributed by atoms with Crippen LogP contribution in [-0.2, 0) is 57.8 Å². The molecule has 5 atom stereocenters. The van der Waals surface area contributed by atoms with E-state index in [4.69, 9.17) is 63.2 Å². The van der Waals surface area contributed by atoms with Crippen LogP contribution in [0.25, 0.3) is 0 Å². The fourth-order valence-electron chi connectivity index (χ4n) is 5.17. The Morgan fingerprint density at radius 1 is 0.755 bits per heavy atom. The molecule has 0 aliphatic carbocycles. The summed E-state index contributed by atoms with van der Waals surface area (Å²) in [5, 5.41) is 1.94. The minimum atomic E-state index is -2.43. The van der Waals surface area contributed by atoms with Gasteiger partial charge >= 0.3 is 12.1 Å². The van der Waals surface area contributed by atoms with E-state index in [1.54, 1.807) is 0 Å². The maximum atomic E-state index is 13.1. The number of halogens is 3. The first kappa shape index (κ1) is 38.3. The lowest BCUT2D eigenvalue weighted by molar-refractivity contribution is -0.259. The lowest BCUT2D eigenvalue weighted by atomic mass is 9.90. The SMILES string of the molecule is C=C(CC(=O)OC)C[C@H]1O[C@H](COCc2ccccc2)[C@H](OCc2ccccc2)[C@H](OCc2ccccc2)[C@H]1OC(=O)NC(=O)C(Cl)(Cl)Cl. The molecule has 0 unspecified atom stereocenters. The zero-order valence-electron chi connectivity index (χ0n) is 26.8. The molecule has 1 aliphatic rings. The Hall–Kier alpha value is -3.48. The molecule has 1 N–H and O–H groups in total. The van der Waals surface area contributed by atoms with Gasteiger partial charge in [0.2, 0.25) is 0 Å². The number of alkyl halides is 3. The Labute approximate surface area is 300 Å². The molecule has 262 valence electrons. The summed E-state index contributed by atoms with van der Waals surface area (Å²) in [7, 11) is 1.27. The topological polar surface area (TPSA) is 119 Å². The fourth-order valence-corrected chi connectivity index (χ4v) is 5.31. The monoisotopic (exact) mass is 733 g/mol. The number of rotatable bonds is 15. The highest BCUT2D eigenvalue weighted by atomic mass is 35.6. The second-order valence-corrected chi connectivity index (χ2v) is 13.5. The number of hydrogen-bond acceptors (Lipinski definition) is 9. The van der Waals surface area contributed by atoms with E-state index in [1.807, 2.05) is 96.3 Å². The lowest BCUT2D eigenvalue weighted by Crippen LogP contribution is -2.62. The molecule has 13 heteroatoms. The summed E-state index contributed by atoms with van der Waals surface area (Å²) >= 11 is 17.0. The van der Waals surface area contributed by atoms with Crippen LogP contribution in [0.2, 0.25) is 0 Å². The third-order valence-corrected chi connectivity index (χ3v) is 8.04. The average Bonchev–Trinajstić information content (AvgIpc) is 3.08. The third-order valence-electron chi connectivity index (χ3n) is 7.52. The second kappa shape index (κ2) is 19.1. The van der Waals surface area contributed by atoms with Gasteiger partial charge < -0.3 is 28.4 Å². The highest BCUT2D eigenvalue weighted by Gasteiger charge is 2.50. The van der Waals surface area contributed by atoms with Gasteiger partial charge in [-0.1, -0.05) is 138 Å². The number of carbonyl (C=O) groups excluding carboxylic acids is 3. The molecular weight excluding hydrogens is 697 g/mol. The number of benzene rings is 3. The van der Waals surface area contributed by atoms with Crippen molar-refractivity contribution >= 4 is 52.8 Å². The molecule has 1 saturated heterocycles. The van der Waals surface area contributed by atoms with E-state index in [0.29, 0.717) is 12.2 Å². The highest BCUT2D eigenvalue weighted by Crippen LogP contribution is 2.34. The van der Waals surface area contributed by atoms with Gasteiger partial charge in [0.15, 0.2) is 6.10 Å². The quantitative estimate of drug-likeness (QED) is 0.104. The molecule has 0 saturated carbocycles. The Morgan fingerprint density at radius 3 is 1.78 bits per heavy atom. The van der Waals surface area contributed by atoms with E-state index in [9.17, 15) is 14.4 Å². The fraction of sp³-hybridized carbons (Fsp3) is 0.361. The minimum absolute atomic E-state index is 0.0528. The Balaban J connectivity index is 1.69. The number of nitrogens with one attached hydrogen (secondary N) is 1. The van der Waals surface area contributed by atoms with Crippen molar-refractivity contribution in [1.29, 1.82) is 0 Å². The van der Waals surface area contributed by atoms with Crippen LogP contribution in [0.3, 0.4) is 0 Å². The average molecular weight is 735 g/mol. The maximum absolute atomic E-state index is 13.1. The predicted octanol–water partition coefficient (Wildman–Crippen LogP) is 6.64. The number of amides is 2. The molecule has 3 aromatic carbocycles. The smallest absolute Gasteiger partial charge is 0.414 e. The normalized spacial score (nSPS) is 20.6. The number of methoxy groups -OCH3 is 1. The molecule has 0 radical (unpaired) electrons. The number of esters is 1. The summed E-state index contributed by atoms with van der Waals surface area (Å²) in [6, 6.07) is 28.5. The van der Waals surface area contributed by atoms with Crippen LogP contribution in [0.5, 0.6) is 0 Å². The standard InChI is InChI=1S/C36H38Cl3NO9/c1-24(19-30(41)44-2)18-28-32(49-35(43)40-34(42)36(37,38)39)33(47-22-27-16-10-5-11-17-27)31(46-21-26-14-8-4-9-15-26)29(48-28)23-45-20-25-12-6-3-7-13-25/h3-17,28-29,31-33H,1,18-23H2,2H3,(H,40,42,43)/t28-,29-,31+,32+,33+/m1/s1. The van der Waals surface area contributed by atoms with E-state index < -0.39 is 52.3 Å². The van der Waals surface area contributed by atoms with Gasteiger partial charge in [-0.15, -0.1) is 0 Å². The van der Waals surface area contributed by atoms with Crippen LogP contribution < -0.4 is 5.32 Å². The van der Waals surface area contributed by atoms with E-state index in [-0.39, 0.29) is 32.7 Å². The lowest BCUT2D eigenvalue weighted by Gasteiger charge is -2.46. The number of carbonyl (C=O) groups is 3. The van der Waals surface area contributed by atoms with Gasteiger partial charge in [0, 0.05) is 0 Å². The first-order valence-electron chi connectivity index (χ1n) is 15.4. The van der Waals surface area contributed by atoms with Crippen molar-refractivity contribution in [3.63, 3.8) is 0 Å². The van der Waals surface area contributed by atoms with Crippen molar-refractivity contribution < 1.29 is 42.8 Å². The van der Waals surface area contributed by atoms with Crippen molar-refractivity contribution in [1.82, 2.24) is 5.32 Å². The van der Waals surface area contributed by atoms with Crippen LogP contribution in [0.15, 0.2) is 103 Å². The van der Waals surface area contributed by atoms with Gasteiger partial charge in [-0.3, -0.25) is 14.9 Å². The number of alkyl carbamates (subject to hydrolysis) is 1. The summed E-state index contributed by atoms with van der Waals surface area (Å²) in [5.74, 6) is -1.72. The third kappa shape index (κ3) is 12.4. The zero-order chi connectivity index (χ0) is 35.2. The molecule has 0 aromatic heterocycles. The maximum Gasteiger partial charge on any atom is 0.414 e. The predicted molar refractivity (Wildman–Crippen MR) is 184 cm³/mol. The molecule has 4 rings (SSSR count). The molecule has 0 spiro atoms. The van der Waals surface area contributed by atoms with E-state index in [2.05, 4.69) is 6.58 Å². The molecule has 3 aromatic rings. The summed E-state index contributed by atoms with van der Waals surface area (Å²) < 4.78 is 33.9. The number of ether oxygens (including phenoxy) is 6. The van der Waals surface area contributed by atoms with Gasteiger partial charge in [0.25, 0.3) is 9.70 Å². The van der Waals surface area contributed by atoms with Crippen LogP contribution in [0.4, 0.5) is 4.79 Å². The Kier molecular flexibility index (Phi) is 14.9. The summed E-state index contributed by atoms with van der Waals surface area (Å²) in [5.41, 5.74) is 3.12. The van der Waals surface area contributed by atoms with Crippen LogP contribution in [-0.4, -0.2) is 66.0 Å². The zero-order valence-corrected chi connectivity index (χ0v) is 29.1. The Bertz CT molecular complexity index is 1510. The molecule has 1 aliphatic heterocycles. The second-order valence-electron chi connectivity index (χ2n) is 11.3. The van der Waals surface area contributed by atoms with Crippen molar-refractivity contribution in [2.75, 3.05) is 13.7 Å². The van der Waals surface area contributed by atoms with Crippen LogP contribution >= 0.6 is 34.8 Å². The van der Waals surface area contributed by atoms with Gasteiger partial charge in [-0.25, -0.2) is 4.79 Å². The summed E-state index contributed by atoms with van der Waals surface area (Å²) in [6.45, 7) is 4.67. The van der Waals surface area contributed by atoms with Crippen molar-refractivity contribution in [3.05, 3.63) is 120 Å². The molecule has 1 heterocycles.